The number of anilines is 1. The summed E-state index contributed by atoms with van der Waals surface area (Å²) >= 11 is 0. The number of rotatable bonds is 4. The fourth-order valence-electron chi connectivity index (χ4n) is 2.25. The maximum atomic E-state index is 10.3. The highest BCUT2D eigenvalue weighted by atomic mass is 16.3. The molecule has 19 heavy (non-hydrogen) atoms. The molecule has 1 heterocycles. The Labute approximate surface area is 114 Å². The Kier molecular flexibility index (Phi) is 4.17. The Bertz CT molecular complexity index is 540. The summed E-state index contributed by atoms with van der Waals surface area (Å²) < 4.78 is 0. The van der Waals surface area contributed by atoms with E-state index in [2.05, 4.69) is 24.0 Å². The molecule has 0 amide bonds. The molecule has 2 atom stereocenters. The lowest BCUT2D eigenvalue weighted by molar-refractivity contribution is 0.160. The number of nitrogens with zero attached hydrogens (tertiary/aromatic N) is 1. The quantitative estimate of drug-likeness (QED) is 0.883. The summed E-state index contributed by atoms with van der Waals surface area (Å²) in [5.41, 5.74) is 8.79. The van der Waals surface area contributed by atoms with Crippen LogP contribution >= 0.6 is 0 Å². The summed E-state index contributed by atoms with van der Waals surface area (Å²) in [6.45, 7) is 4.06. The Morgan fingerprint density at radius 2 is 1.95 bits per heavy atom. The molecule has 0 spiro atoms. The van der Waals surface area contributed by atoms with Gasteiger partial charge in [-0.25, -0.2) is 4.98 Å². The summed E-state index contributed by atoms with van der Waals surface area (Å²) in [6.07, 6.45) is 1.77. The van der Waals surface area contributed by atoms with Crippen LogP contribution in [0.3, 0.4) is 0 Å². The molecule has 0 aliphatic carbocycles. The molecule has 0 bridgehead atoms. The molecule has 0 aliphatic heterocycles. The predicted molar refractivity (Wildman–Crippen MR) is 77.8 cm³/mol. The van der Waals surface area contributed by atoms with E-state index in [0.717, 1.165) is 11.1 Å². The Morgan fingerprint density at radius 1 is 1.26 bits per heavy atom. The highest BCUT2D eigenvalue weighted by molar-refractivity contribution is 5.42. The van der Waals surface area contributed by atoms with E-state index < -0.39 is 6.10 Å². The van der Waals surface area contributed by atoms with E-state index >= 15 is 0 Å². The van der Waals surface area contributed by atoms with Gasteiger partial charge in [0.15, 0.2) is 0 Å². The van der Waals surface area contributed by atoms with Gasteiger partial charge in [-0.1, -0.05) is 37.3 Å². The van der Waals surface area contributed by atoms with Crippen LogP contribution in [0.15, 0.2) is 42.6 Å². The SMILES string of the molecule is Cc1cnc(N)c(C(O)CC(C)c2ccccc2)c1. The lowest BCUT2D eigenvalue weighted by Crippen LogP contribution is -2.08. The van der Waals surface area contributed by atoms with E-state index in [9.17, 15) is 5.11 Å². The molecule has 0 saturated carbocycles. The number of aliphatic hydroxyl groups is 1. The van der Waals surface area contributed by atoms with Crippen LogP contribution in [-0.2, 0) is 0 Å². The first-order valence-electron chi connectivity index (χ1n) is 6.53. The van der Waals surface area contributed by atoms with Crippen molar-refractivity contribution in [1.82, 2.24) is 4.98 Å². The molecule has 1 aromatic carbocycles. The Balaban J connectivity index is 2.13. The fraction of sp³-hybridized carbons (Fsp3) is 0.312. The maximum absolute atomic E-state index is 10.3. The van der Waals surface area contributed by atoms with Crippen molar-refractivity contribution in [2.45, 2.75) is 32.3 Å². The minimum atomic E-state index is -0.581. The number of aliphatic hydroxyl groups excluding tert-OH is 1. The van der Waals surface area contributed by atoms with E-state index in [-0.39, 0.29) is 5.92 Å². The number of nitrogen functional groups attached to an aromatic ring is 1. The van der Waals surface area contributed by atoms with Crippen LogP contribution < -0.4 is 5.73 Å². The number of nitrogens with two attached hydrogens (primary N) is 1. The molecule has 3 heteroatoms. The molecular weight excluding hydrogens is 236 g/mol. The highest BCUT2D eigenvalue weighted by Crippen LogP contribution is 2.30. The van der Waals surface area contributed by atoms with E-state index in [1.54, 1.807) is 6.20 Å². The first-order valence-corrected chi connectivity index (χ1v) is 6.53. The van der Waals surface area contributed by atoms with Crippen molar-refractivity contribution in [3.63, 3.8) is 0 Å². The molecule has 0 fully saturated rings. The Hall–Kier alpha value is -1.87. The predicted octanol–water partition coefficient (Wildman–Crippen LogP) is 3.20. The average Bonchev–Trinajstić information content (AvgIpc) is 2.42. The lowest BCUT2D eigenvalue weighted by atomic mass is 9.92. The van der Waals surface area contributed by atoms with Crippen molar-refractivity contribution in [3.8, 4) is 0 Å². The number of aromatic nitrogens is 1. The van der Waals surface area contributed by atoms with Crippen molar-refractivity contribution in [2.24, 2.45) is 0 Å². The van der Waals surface area contributed by atoms with E-state index in [4.69, 9.17) is 5.73 Å². The summed E-state index contributed by atoms with van der Waals surface area (Å²) in [7, 11) is 0. The van der Waals surface area contributed by atoms with Crippen LogP contribution in [0, 0.1) is 6.92 Å². The molecule has 3 N–H and O–H groups in total. The van der Waals surface area contributed by atoms with Gasteiger partial charge in [0, 0.05) is 11.8 Å². The number of hydrogen-bond acceptors (Lipinski definition) is 3. The van der Waals surface area contributed by atoms with E-state index in [0.29, 0.717) is 12.2 Å². The molecule has 0 aliphatic rings. The van der Waals surface area contributed by atoms with Gasteiger partial charge in [0.1, 0.15) is 5.82 Å². The zero-order valence-corrected chi connectivity index (χ0v) is 11.4. The topological polar surface area (TPSA) is 59.1 Å². The van der Waals surface area contributed by atoms with Crippen LogP contribution in [0.25, 0.3) is 0 Å². The third-order valence-electron chi connectivity index (χ3n) is 3.39. The Morgan fingerprint density at radius 3 is 2.63 bits per heavy atom. The largest absolute Gasteiger partial charge is 0.388 e. The van der Waals surface area contributed by atoms with Crippen LogP contribution in [0.5, 0.6) is 0 Å². The van der Waals surface area contributed by atoms with Gasteiger partial charge >= 0.3 is 0 Å². The minimum Gasteiger partial charge on any atom is -0.388 e. The second-order valence-electron chi connectivity index (χ2n) is 5.05. The standard InChI is InChI=1S/C16H20N2O/c1-11-8-14(16(17)18-10-11)15(19)9-12(2)13-6-4-3-5-7-13/h3-8,10,12,15,19H,9H2,1-2H3,(H2,17,18). The van der Waals surface area contributed by atoms with Crippen LogP contribution in [0.2, 0.25) is 0 Å². The van der Waals surface area contributed by atoms with Crippen LogP contribution in [0.1, 0.15) is 42.1 Å². The number of hydrogen-bond donors (Lipinski definition) is 2. The molecule has 1 aromatic heterocycles. The summed E-state index contributed by atoms with van der Waals surface area (Å²) in [4.78, 5) is 4.10. The third kappa shape index (κ3) is 3.32. The summed E-state index contributed by atoms with van der Waals surface area (Å²) in [5.74, 6) is 0.689. The van der Waals surface area contributed by atoms with Gasteiger partial charge in [-0.15, -0.1) is 0 Å². The van der Waals surface area contributed by atoms with Crippen LogP contribution in [-0.4, -0.2) is 10.1 Å². The van der Waals surface area contributed by atoms with Gasteiger partial charge < -0.3 is 10.8 Å². The average molecular weight is 256 g/mol. The van der Waals surface area contributed by atoms with Crippen molar-refractivity contribution in [2.75, 3.05) is 5.73 Å². The number of benzene rings is 1. The summed E-state index contributed by atoms with van der Waals surface area (Å²) in [6, 6.07) is 12.1. The van der Waals surface area contributed by atoms with Gasteiger partial charge in [0.05, 0.1) is 6.10 Å². The monoisotopic (exact) mass is 256 g/mol. The zero-order chi connectivity index (χ0) is 13.8. The molecule has 3 nitrogen and oxygen atoms in total. The summed E-state index contributed by atoms with van der Waals surface area (Å²) in [5, 5.41) is 10.3. The van der Waals surface area contributed by atoms with E-state index in [1.807, 2.05) is 31.2 Å². The minimum absolute atomic E-state index is 0.274. The molecule has 2 aromatic rings. The van der Waals surface area contributed by atoms with Crippen molar-refractivity contribution in [1.29, 1.82) is 0 Å². The normalized spacial score (nSPS) is 14.1. The van der Waals surface area contributed by atoms with Gasteiger partial charge in [-0.2, -0.15) is 0 Å². The van der Waals surface area contributed by atoms with Gasteiger partial charge in [-0.05, 0) is 36.5 Å². The van der Waals surface area contributed by atoms with E-state index in [1.165, 1.54) is 5.56 Å². The maximum Gasteiger partial charge on any atom is 0.129 e. The van der Waals surface area contributed by atoms with Gasteiger partial charge in [0.2, 0.25) is 0 Å². The van der Waals surface area contributed by atoms with Crippen molar-refractivity contribution < 1.29 is 5.11 Å². The van der Waals surface area contributed by atoms with Crippen LogP contribution in [0.4, 0.5) is 5.82 Å². The first-order chi connectivity index (χ1) is 9.08. The number of pyridine rings is 1. The molecule has 2 rings (SSSR count). The van der Waals surface area contributed by atoms with Crippen molar-refractivity contribution >= 4 is 5.82 Å². The smallest absolute Gasteiger partial charge is 0.129 e. The fourth-order valence-corrected chi connectivity index (χ4v) is 2.25. The third-order valence-corrected chi connectivity index (χ3v) is 3.39. The number of aryl methyl sites for hydroxylation is 1. The highest BCUT2D eigenvalue weighted by Gasteiger charge is 2.16. The zero-order valence-electron chi connectivity index (χ0n) is 11.4. The molecule has 100 valence electrons. The molecule has 2 unspecified atom stereocenters. The molecular formula is C16H20N2O. The second-order valence-corrected chi connectivity index (χ2v) is 5.05. The first kappa shape index (κ1) is 13.6. The lowest BCUT2D eigenvalue weighted by Gasteiger charge is -2.18. The second kappa shape index (κ2) is 5.85. The molecule has 0 saturated heterocycles. The van der Waals surface area contributed by atoms with Gasteiger partial charge in [0.25, 0.3) is 0 Å². The van der Waals surface area contributed by atoms with Crippen molar-refractivity contribution in [3.05, 3.63) is 59.3 Å². The van der Waals surface area contributed by atoms with Gasteiger partial charge in [-0.3, -0.25) is 0 Å². The molecule has 0 radical (unpaired) electrons.